The van der Waals surface area contributed by atoms with Gasteiger partial charge in [-0.2, -0.15) is 0 Å². The third kappa shape index (κ3) is 6.58. The van der Waals surface area contributed by atoms with E-state index in [-0.39, 0.29) is 29.8 Å². The van der Waals surface area contributed by atoms with Crippen molar-refractivity contribution in [2.75, 3.05) is 12.8 Å². The van der Waals surface area contributed by atoms with E-state index in [1.807, 2.05) is 0 Å². The van der Waals surface area contributed by atoms with Crippen LogP contribution < -0.4 is 10.6 Å². The Morgan fingerprint density at radius 1 is 1.32 bits per heavy atom. The lowest BCUT2D eigenvalue weighted by molar-refractivity contribution is -0.205. The van der Waals surface area contributed by atoms with Gasteiger partial charge in [0.15, 0.2) is 0 Å². The van der Waals surface area contributed by atoms with E-state index in [0.717, 1.165) is 25.8 Å². The number of hydrogen-bond donors (Lipinski definition) is 5. The molecule has 0 aliphatic carbocycles. The molecule has 0 aromatic rings. The zero-order chi connectivity index (χ0) is 19.4. The molecule has 0 saturated carbocycles. The summed E-state index contributed by atoms with van der Waals surface area (Å²) in [5.41, 5.74) is -0.703. The first kappa shape index (κ1) is 28.2. The van der Waals surface area contributed by atoms with E-state index >= 15 is 0 Å². The number of amides is 1. The summed E-state index contributed by atoms with van der Waals surface area (Å²) in [6.45, 7) is 4.62. The summed E-state index contributed by atoms with van der Waals surface area (Å²) in [4.78, 5) is 12.7. The van der Waals surface area contributed by atoms with Crippen LogP contribution in [-0.4, -0.2) is 86.8 Å². The second-order valence-electron chi connectivity index (χ2n) is 7.19. The lowest BCUT2D eigenvalue weighted by atomic mass is 9.89. The van der Waals surface area contributed by atoms with Crippen LogP contribution in [0.2, 0.25) is 0 Å². The minimum absolute atomic E-state index is 0. The number of alkyl halides is 1. The lowest BCUT2D eigenvalue weighted by Gasteiger charge is -2.44. The number of nitrogens with one attached hydrogen (secondary N) is 2. The number of aliphatic hydroxyl groups is 3. The van der Waals surface area contributed by atoms with Gasteiger partial charge in [-0.05, 0) is 38.5 Å². The Balaban J connectivity index is 0.00000364. The molecule has 9 atom stereocenters. The zero-order valence-electron chi connectivity index (χ0n) is 16.4. The van der Waals surface area contributed by atoms with Crippen molar-refractivity contribution in [3.8, 4) is 0 Å². The van der Waals surface area contributed by atoms with E-state index in [1.54, 1.807) is 13.2 Å². The van der Waals surface area contributed by atoms with Crippen molar-refractivity contribution >= 4 is 41.7 Å². The van der Waals surface area contributed by atoms with Gasteiger partial charge in [0.05, 0.1) is 17.5 Å². The summed E-state index contributed by atoms with van der Waals surface area (Å²) in [6.07, 6.45) is -0.236. The fourth-order valence-corrected chi connectivity index (χ4v) is 4.54. The molecule has 168 valence electrons. The highest BCUT2D eigenvalue weighted by Gasteiger charge is 2.48. The molecule has 0 radical (unpaired) electrons. The van der Waals surface area contributed by atoms with E-state index in [2.05, 4.69) is 17.6 Å². The summed E-state index contributed by atoms with van der Waals surface area (Å²) >= 11 is 7.51. The number of halogens is 2. The maximum atomic E-state index is 12.7. The Labute approximate surface area is 181 Å². The van der Waals surface area contributed by atoms with Gasteiger partial charge >= 0.3 is 0 Å². The molecule has 0 aromatic carbocycles. The molecule has 2 aliphatic rings. The van der Waals surface area contributed by atoms with Crippen molar-refractivity contribution in [3.05, 3.63) is 0 Å². The molecule has 8 nitrogen and oxygen atoms in total. The SMILES string of the molecule is CC[C@@H]1CCN[C@H](C(=O)NC(C(C)Cl)[C@H]2O[C@H](SC)[C@H](O)[C@@H](O)[C@H]2O)C1.Cl.O. The summed E-state index contributed by atoms with van der Waals surface area (Å²) in [7, 11) is 0. The van der Waals surface area contributed by atoms with Gasteiger partial charge in [0.2, 0.25) is 5.91 Å². The minimum Gasteiger partial charge on any atom is -0.412 e. The van der Waals surface area contributed by atoms with Crippen LogP contribution in [0.5, 0.6) is 0 Å². The average Bonchev–Trinajstić information content (AvgIpc) is 2.64. The zero-order valence-corrected chi connectivity index (χ0v) is 18.8. The number of carbonyl (C=O) groups is 1. The number of aliphatic hydroxyl groups excluding tert-OH is 3. The van der Waals surface area contributed by atoms with Gasteiger partial charge in [-0.1, -0.05) is 13.3 Å². The number of rotatable bonds is 6. The van der Waals surface area contributed by atoms with Gasteiger partial charge in [-0.25, -0.2) is 0 Å². The van der Waals surface area contributed by atoms with E-state index in [4.69, 9.17) is 16.3 Å². The highest BCUT2D eigenvalue weighted by Crippen LogP contribution is 2.30. The van der Waals surface area contributed by atoms with Gasteiger partial charge in [0.1, 0.15) is 29.9 Å². The van der Waals surface area contributed by atoms with Gasteiger partial charge in [0.25, 0.3) is 0 Å². The van der Waals surface area contributed by atoms with Gasteiger partial charge in [-0.3, -0.25) is 4.79 Å². The van der Waals surface area contributed by atoms with Crippen molar-refractivity contribution < 1.29 is 30.3 Å². The summed E-state index contributed by atoms with van der Waals surface area (Å²) in [5, 5.41) is 36.1. The van der Waals surface area contributed by atoms with Crippen molar-refractivity contribution in [2.45, 2.75) is 80.4 Å². The molecule has 0 aromatic heterocycles. The number of hydrogen-bond acceptors (Lipinski definition) is 7. The molecule has 2 fully saturated rings. The van der Waals surface area contributed by atoms with Crippen LogP contribution in [0.1, 0.15) is 33.1 Å². The van der Waals surface area contributed by atoms with E-state index in [0.29, 0.717) is 5.92 Å². The van der Waals surface area contributed by atoms with Gasteiger partial charge < -0.3 is 36.2 Å². The number of ether oxygens (including phenoxy) is 1. The normalized spacial score (nSPS) is 37.8. The first-order valence-corrected chi connectivity index (χ1v) is 10.9. The topological polar surface area (TPSA) is 143 Å². The Kier molecular flexibility index (Phi) is 12.8. The number of carbonyl (C=O) groups excluding carboxylic acids is 1. The molecule has 28 heavy (non-hydrogen) atoms. The van der Waals surface area contributed by atoms with Crippen molar-refractivity contribution in [2.24, 2.45) is 5.92 Å². The first-order chi connectivity index (χ1) is 12.3. The highest BCUT2D eigenvalue weighted by molar-refractivity contribution is 7.99. The predicted octanol–water partition coefficient (Wildman–Crippen LogP) is -0.356. The summed E-state index contributed by atoms with van der Waals surface area (Å²) in [5.74, 6) is 0.325. The molecule has 0 spiro atoms. The van der Waals surface area contributed by atoms with Crippen LogP contribution in [0.4, 0.5) is 0 Å². The minimum atomic E-state index is -1.36. The molecule has 2 aliphatic heterocycles. The third-order valence-electron chi connectivity index (χ3n) is 5.40. The second kappa shape index (κ2) is 12.8. The van der Waals surface area contributed by atoms with Crippen LogP contribution in [0, 0.1) is 5.92 Å². The Hall–Kier alpha value is 0.160. The van der Waals surface area contributed by atoms with Crippen molar-refractivity contribution in [3.63, 3.8) is 0 Å². The number of thioether (sulfide) groups is 1. The van der Waals surface area contributed by atoms with Crippen LogP contribution in [0.3, 0.4) is 0 Å². The summed E-state index contributed by atoms with van der Waals surface area (Å²) in [6, 6.07) is -1.00. The second-order valence-corrected chi connectivity index (χ2v) is 8.82. The van der Waals surface area contributed by atoms with Gasteiger partial charge in [-0.15, -0.1) is 35.8 Å². The first-order valence-electron chi connectivity index (χ1n) is 9.20. The fourth-order valence-electron chi connectivity index (χ4n) is 3.66. The molecular weight excluding hydrogens is 431 g/mol. The average molecular weight is 465 g/mol. The lowest BCUT2D eigenvalue weighted by Crippen LogP contribution is -2.65. The third-order valence-corrected chi connectivity index (χ3v) is 6.53. The standard InChI is InChI=1S/C17H31ClN2O5S.ClH.H2O/c1-4-9-5-6-19-10(7-9)16(24)20-11(8(2)18)15-13(22)12(21)14(23)17(25-15)26-3;;/h8-15,17,19,21-23H,4-7H2,1-3H3,(H,20,24);1H;1H2/t8?,9-,10+,11?,12+,13-,14-,15-,17-;;/m1../s1. The Morgan fingerprint density at radius 2 is 1.96 bits per heavy atom. The highest BCUT2D eigenvalue weighted by atomic mass is 35.5. The fraction of sp³-hybridized carbons (Fsp3) is 0.941. The van der Waals surface area contributed by atoms with Crippen LogP contribution in [0.25, 0.3) is 0 Å². The quantitative estimate of drug-likeness (QED) is 0.337. The molecule has 1 amide bonds. The Morgan fingerprint density at radius 3 is 2.50 bits per heavy atom. The molecule has 7 N–H and O–H groups in total. The molecule has 11 heteroatoms. The molecule has 2 unspecified atom stereocenters. The smallest absolute Gasteiger partial charge is 0.237 e. The van der Waals surface area contributed by atoms with E-state index < -0.39 is 41.3 Å². The number of piperidine rings is 1. The van der Waals surface area contributed by atoms with Crippen molar-refractivity contribution in [1.29, 1.82) is 0 Å². The van der Waals surface area contributed by atoms with E-state index in [9.17, 15) is 20.1 Å². The summed E-state index contributed by atoms with van der Waals surface area (Å²) < 4.78 is 5.77. The van der Waals surface area contributed by atoms with Crippen molar-refractivity contribution in [1.82, 2.24) is 10.6 Å². The maximum absolute atomic E-state index is 12.7. The van der Waals surface area contributed by atoms with Crippen LogP contribution in [-0.2, 0) is 9.53 Å². The Bertz CT molecular complexity index is 477. The predicted molar refractivity (Wildman–Crippen MR) is 113 cm³/mol. The molecule has 2 saturated heterocycles. The van der Waals surface area contributed by atoms with E-state index in [1.165, 1.54) is 11.8 Å². The molecule has 2 rings (SSSR count). The monoisotopic (exact) mass is 464 g/mol. The van der Waals surface area contributed by atoms with Crippen LogP contribution >= 0.6 is 35.8 Å². The molecular formula is C17H34Cl2N2O6S. The van der Waals surface area contributed by atoms with Gasteiger partial charge in [0, 0.05) is 0 Å². The largest absolute Gasteiger partial charge is 0.412 e. The van der Waals surface area contributed by atoms with Crippen LogP contribution in [0.15, 0.2) is 0 Å². The molecule has 2 heterocycles. The molecule has 0 bridgehead atoms. The maximum Gasteiger partial charge on any atom is 0.237 e.